The van der Waals surface area contributed by atoms with Crippen LogP contribution in [0.15, 0.2) is 67.0 Å². The lowest BCUT2D eigenvalue weighted by Crippen LogP contribution is -2.20. The van der Waals surface area contributed by atoms with E-state index >= 15 is 0 Å². The molecule has 28 heavy (non-hydrogen) atoms. The quantitative estimate of drug-likeness (QED) is 0.642. The first-order chi connectivity index (χ1) is 13.6. The van der Waals surface area contributed by atoms with Crippen LogP contribution in [-0.4, -0.2) is 24.6 Å². The highest BCUT2D eigenvalue weighted by atomic mass is 16.5. The fraction of sp³-hybridized carbons (Fsp3) is 0.182. The molecule has 0 aliphatic heterocycles. The van der Waals surface area contributed by atoms with Gasteiger partial charge in [-0.15, -0.1) is 0 Å². The Kier molecular flexibility index (Phi) is 6.46. The largest absolute Gasteiger partial charge is 0.493 e. The summed E-state index contributed by atoms with van der Waals surface area (Å²) < 4.78 is 16.6. The van der Waals surface area contributed by atoms with Gasteiger partial charge in [-0.25, -0.2) is 0 Å². The van der Waals surface area contributed by atoms with Gasteiger partial charge in [0.2, 0.25) is 0 Å². The molecule has 6 heteroatoms. The van der Waals surface area contributed by atoms with Gasteiger partial charge in [-0.1, -0.05) is 18.2 Å². The first-order valence-electron chi connectivity index (χ1n) is 8.83. The van der Waals surface area contributed by atoms with E-state index in [1.54, 1.807) is 37.7 Å². The van der Waals surface area contributed by atoms with Crippen molar-refractivity contribution in [3.05, 3.63) is 78.1 Å². The number of nitrogens with one attached hydrogen (secondary N) is 1. The summed E-state index contributed by atoms with van der Waals surface area (Å²) >= 11 is 0. The van der Waals surface area contributed by atoms with E-state index in [2.05, 4.69) is 10.3 Å². The second kappa shape index (κ2) is 9.41. The molecule has 0 spiro atoms. The normalized spacial score (nSPS) is 10.2. The number of hydrogen-bond acceptors (Lipinski definition) is 5. The van der Waals surface area contributed by atoms with Gasteiger partial charge in [-0.05, 0) is 42.8 Å². The van der Waals surface area contributed by atoms with Gasteiger partial charge in [0, 0.05) is 29.7 Å². The van der Waals surface area contributed by atoms with Crippen LogP contribution in [0.25, 0.3) is 0 Å². The third-order valence-electron chi connectivity index (χ3n) is 3.92. The molecule has 1 aromatic heterocycles. The number of benzene rings is 2. The van der Waals surface area contributed by atoms with Gasteiger partial charge in [-0.3, -0.25) is 9.78 Å². The van der Waals surface area contributed by atoms with E-state index in [0.717, 1.165) is 11.1 Å². The van der Waals surface area contributed by atoms with E-state index in [4.69, 9.17) is 14.2 Å². The highest BCUT2D eigenvalue weighted by Gasteiger charge is 2.09. The van der Waals surface area contributed by atoms with Crippen molar-refractivity contribution in [3.63, 3.8) is 0 Å². The van der Waals surface area contributed by atoms with E-state index in [-0.39, 0.29) is 12.5 Å². The van der Waals surface area contributed by atoms with Crippen LogP contribution in [-0.2, 0) is 11.4 Å². The summed E-state index contributed by atoms with van der Waals surface area (Å²) in [6.45, 7) is 2.24. The zero-order chi connectivity index (χ0) is 19.8. The van der Waals surface area contributed by atoms with Gasteiger partial charge in [0.1, 0.15) is 12.4 Å². The van der Waals surface area contributed by atoms with Gasteiger partial charge in [-0.2, -0.15) is 0 Å². The lowest BCUT2D eigenvalue weighted by molar-refractivity contribution is -0.118. The van der Waals surface area contributed by atoms with Crippen molar-refractivity contribution in [2.24, 2.45) is 0 Å². The third-order valence-corrected chi connectivity index (χ3v) is 3.92. The molecule has 0 bridgehead atoms. The molecule has 1 heterocycles. The van der Waals surface area contributed by atoms with Gasteiger partial charge in [0.15, 0.2) is 18.1 Å². The highest BCUT2D eigenvalue weighted by Crippen LogP contribution is 2.27. The number of rotatable bonds is 8. The number of ether oxygens (including phenoxy) is 3. The van der Waals surface area contributed by atoms with Crippen LogP contribution in [0.3, 0.4) is 0 Å². The standard InChI is InChI=1S/C22H22N2O4/c1-16-8-9-20(21(11-16)26-2)28-15-22(25)24-18-6-3-7-19(12-18)27-14-17-5-4-10-23-13-17/h3-13H,14-15H2,1-2H3,(H,24,25). The van der Waals surface area contributed by atoms with Crippen LogP contribution in [0.5, 0.6) is 17.2 Å². The Morgan fingerprint density at radius 3 is 2.71 bits per heavy atom. The van der Waals surface area contributed by atoms with E-state index in [0.29, 0.717) is 29.5 Å². The number of methoxy groups -OCH3 is 1. The highest BCUT2D eigenvalue weighted by molar-refractivity contribution is 5.92. The van der Waals surface area contributed by atoms with E-state index in [9.17, 15) is 4.79 Å². The zero-order valence-electron chi connectivity index (χ0n) is 15.8. The number of carbonyl (C=O) groups is 1. The molecule has 0 fully saturated rings. The molecule has 0 saturated carbocycles. The summed E-state index contributed by atoms with van der Waals surface area (Å²) in [4.78, 5) is 16.3. The van der Waals surface area contributed by atoms with Crippen molar-refractivity contribution in [1.29, 1.82) is 0 Å². The third kappa shape index (κ3) is 5.48. The molecule has 0 saturated heterocycles. The maximum Gasteiger partial charge on any atom is 0.262 e. The lowest BCUT2D eigenvalue weighted by atomic mass is 10.2. The first kappa shape index (κ1) is 19.2. The van der Waals surface area contributed by atoms with Crippen LogP contribution in [0, 0.1) is 6.92 Å². The monoisotopic (exact) mass is 378 g/mol. The molecule has 0 aliphatic carbocycles. The minimum Gasteiger partial charge on any atom is -0.493 e. The average molecular weight is 378 g/mol. The Morgan fingerprint density at radius 1 is 1.04 bits per heavy atom. The summed E-state index contributed by atoms with van der Waals surface area (Å²) in [6.07, 6.45) is 3.47. The fourth-order valence-corrected chi connectivity index (χ4v) is 2.55. The Labute approximate surface area is 164 Å². The Balaban J connectivity index is 1.54. The molecule has 1 N–H and O–H groups in total. The number of amides is 1. The van der Waals surface area contributed by atoms with Gasteiger partial charge >= 0.3 is 0 Å². The van der Waals surface area contributed by atoms with Gasteiger partial charge < -0.3 is 19.5 Å². The molecule has 3 rings (SSSR count). The SMILES string of the molecule is COc1cc(C)ccc1OCC(=O)Nc1cccc(OCc2cccnc2)c1. The predicted molar refractivity (Wildman–Crippen MR) is 107 cm³/mol. The minimum atomic E-state index is -0.271. The number of anilines is 1. The first-order valence-corrected chi connectivity index (χ1v) is 8.83. The van der Waals surface area contributed by atoms with E-state index in [1.807, 2.05) is 43.3 Å². The molecular formula is C22H22N2O4. The molecule has 0 radical (unpaired) electrons. The van der Waals surface area contributed by atoms with Gasteiger partial charge in [0.05, 0.1) is 7.11 Å². The predicted octanol–water partition coefficient (Wildman–Crippen LogP) is 4.00. The summed E-state index contributed by atoms with van der Waals surface area (Å²) in [5.74, 6) is 1.50. The smallest absolute Gasteiger partial charge is 0.262 e. The molecule has 144 valence electrons. The molecule has 6 nitrogen and oxygen atoms in total. The second-order valence-electron chi connectivity index (χ2n) is 6.17. The van der Waals surface area contributed by atoms with Crippen molar-refractivity contribution < 1.29 is 19.0 Å². The van der Waals surface area contributed by atoms with Crippen molar-refractivity contribution in [2.75, 3.05) is 19.0 Å². The van der Waals surface area contributed by atoms with Crippen molar-refractivity contribution in [3.8, 4) is 17.2 Å². The number of aryl methyl sites for hydroxylation is 1. The molecule has 0 unspecified atom stereocenters. The maximum atomic E-state index is 12.2. The maximum absolute atomic E-state index is 12.2. The molecule has 3 aromatic rings. The molecular weight excluding hydrogens is 356 g/mol. The Morgan fingerprint density at radius 2 is 1.93 bits per heavy atom. The zero-order valence-corrected chi connectivity index (χ0v) is 15.8. The number of pyridine rings is 1. The number of aromatic nitrogens is 1. The van der Waals surface area contributed by atoms with Crippen LogP contribution < -0.4 is 19.5 Å². The van der Waals surface area contributed by atoms with E-state index in [1.165, 1.54) is 0 Å². The molecule has 0 aliphatic rings. The Bertz CT molecular complexity index is 929. The Hall–Kier alpha value is -3.54. The lowest BCUT2D eigenvalue weighted by Gasteiger charge is -2.12. The molecule has 2 aromatic carbocycles. The summed E-state index contributed by atoms with van der Waals surface area (Å²) in [5, 5.41) is 2.80. The number of carbonyl (C=O) groups excluding carboxylic acids is 1. The number of hydrogen-bond donors (Lipinski definition) is 1. The number of nitrogens with zero attached hydrogens (tertiary/aromatic N) is 1. The summed E-state index contributed by atoms with van der Waals surface area (Å²) in [7, 11) is 1.57. The minimum absolute atomic E-state index is 0.125. The topological polar surface area (TPSA) is 69.7 Å². The van der Waals surface area contributed by atoms with Crippen molar-refractivity contribution >= 4 is 11.6 Å². The van der Waals surface area contributed by atoms with Crippen molar-refractivity contribution in [2.45, 2.75) is 13.5 Å². The van der Waals surface area contributed by atoms with E-state index < -0.39 is 0 Å². The fourth-order valence-electron chi connectivity index (χ4n) is 2.55. The molecule has 0 atom stereocenters. The van der Waals surface area contributed by atoms with Crippen LogP contribution in [0.4, 0.5) is 5.69 Å². The van der Waals surface area contributed by atoms with Gasteiger partial charge in [0.25, 0.3) is 5.91 Å². The second-order valence-corrected chi connectivity index (χ2v) is 6.17. The average Bonchev–Trinajstić information content (AvgIpc) is 2.72. The molecule has 1 amide bonds. The van der Waals surface area contributed by atoms with Crippen LogP contribution in [0.2, 0.25) is 0 Å². The summed E-state index contributed by atoms with van der Waals surface area (Å²) in [6, 6.07) is 16.6. The van der Waals surface area contributed by atoms with Crippen molar-refractivity contribution in [1.82, 2.24) is 4.98 Å². The summed E-state index contributed by atoms with van der Waals surface area (Å²) in [5.41, 5.74) is 2.65. The van der Waals surface area contributed by atoms with Crippen LogP contribution >= 0.6 is 0 Å². The van der Waals surface area contributed by atoms with Crippen LogP contribution in [0.1, 0.15) is 11.1 Å².